The minimum atomic E-state index is 0. The van der Waals surface area contributed by atoms with Crippen molar-refractivity contribution in [3.05, 3.63) is 23.9 Å². The summed E-state index contributed by atoms with van der Waals surface area (Å²) in [6.07, 6.45) is 3.68. The number of hydrogen-bond acceptors (Lipinski definition) is 4. The molecule has 86 valence electrons. The molecule has 0 atom stereocenters. The van der Waals surface area contributed by atoms with E-state index in [1.54, 1.807) is 12.3 Å². The molecule has 1 saturated heterocycles. The maximum Gasteiger partial charge on any atom is 0.129 e. The van der Waals surface area contributed by atoms with Crippen LogP contribution in [0, 0.1) is 11.3 Å². The number of aromatic nitrogens is 1. The Hall–Kier alpha value is -1.31. The molecule has 0 saturated carbocycles. The predicted molar refractivity (Wildman–Crippen MR) is 65.6 cm³/mol. The van der Waals surface area contributed by atoms with Gasteiger partial charge in [-0.2, -0.15) is 5.26 Å². The lowest BCUT2D eigenvalue weighted by molar-refractivity contribution is 0.498. The molecule has 1 aliphatic rings. The Morgan fingerprint density at radius 3 is 2.75 bits per heavy atom. The first-order valence-corrected chi connectivity index (χ1v) is 5.16. The van der Waals surface area contributed by atoms with E-state index >= 15 is 0 Å². The molecular formula is C11H15ClN4. The maximum absolute atomic E-state index is 8.79. The highest BCUT2D eigenvalue weighted by Gasteiger charge is 2.17. The summed E-state index contributed by atoms with van der Waals surface area (Å²) >= 11 is 0. The van der Waals surface area contributed by atoms with Crippen molar-refractivity contribution in [3.8, 4) is 6.07 Å². The van der Waals surface area contributed by atoms with Crippen LogP contribution in [0.25, 0.3) is 0 Å². The second-order valence-corrected chi connectivity index (χ2v) is 3.84. The summed E-state index contributed by atoms with van der Waals surface area (Å²) in [5, 5.41) is 8.79. The van der Waals surface area contributed by atoms with Crippen LogP contribution in [-0.2, 0) is 0 Å². The van der Waals surface area contributed by atoms with E-state index in [9.17, 15) is 0 Å². The van der Waals surface area contributed by atoms with Crippen LogP contribution in [0.2, 0.25) is 0 Å². The number of nitrogens with zero attached hydrogens (tertiary/aromatic N) is 3. The number of nitriles is 1. The van der Waals surface area contributed by atoms with Crippen LogP contribution in [-0.4, -0.2) is 24.1 Å². The summed E-state index contributed by atoms with van der Waals surface area (Å²) in [5.41, 5.74) is 6.49. The van der Waals surface area contributed by atoms with Gasteiger partial charge in [-0.3, -0.25) is 0 Å². The summed E-state index contributed by atoms with van der Waals surface area (Å²) in [6, 6.07) is 6.00. The van der Waals surface area contributed by atoms with Crippen molar-refractivity contribution in [2.24, 2.45) is 5.73 Å². The highest BCUT2D eigenvalue weighted by atomic mass is 35.5. The van der Waals surface area contributed by atoms with E-state index in [1.165, 1.54) is 0 Å². The topological polar surface area (TPSA) is 65.9 Å². The van der Waals surface area contributed by atoms with E-state index in [-0.39, 0.29) is 12.4 Å². The molecule has 1 aliphatic heterocycles. The normalized spacial score (nSPS) is 16.4. The Bertz CT molecular complexity index is 380. The molecule has 1 fully saturated rings. The van der Waals surface area contributed by atoms with Crippen LogP contribution in [0.15, 0.2) is 18.3 Å². The second kappa shape index (κ2) is 5.69. The zero-order valence-electron chi connectivity index (χ0n) is 8.97. The standard InChI is InChI=1S/C11H14N4.ClH/c12-8-9-1-4-14-11(7-9)15-5-2-10(13)3-6-15;/h1,4,7,10H,2-3,5-6,13H2;1H. The summed E-state index contributed by atoms with van der Waals surface area (Å²) in [7, 11) is 0. The van der Waals surface area contributed by atoms with E-state index < -0.39 is 0 Å². The van der Waals surface area contributed by atoms with Crippen molar-refractivity contribution >= 4 is 18.2 Å². The first-order valence-electron chi connectivity index (χ1n) is 5.16. The van der Waals surface area contributed by atoms with E-state index in [0.717, 1.165) is 31.7 Å². The van der Waals surface area contributed by atoms with E-state index in [2.05, 4.69) is 16.0 Å². The quantitative estimate of drug-likeness (QED) is 0.801. The first kappa shape index (κ1) is 12.8. The lowest BCUT2D eigenvalue weighted by Gasteiger charge is -2.31. The Labute approximate surface area is 101 Å². The van der Waals surface area contributed by atoms with Crippen molar-refractivity contribution < 1.29 is 0 Å². The third-order valence-electron chi connectivity index (χ3n) is 2.74. The highest BCUT2D eigenvalue weighted by Crippen LogP contribution is 2.17. The SMILES string of the molecule is Cl.N#Cc1ccnc(N2CCC(N)CC2)c1. The number of anilines is 1. The minimum absolute atomic E-state index is 0. The number of pyridine rings is 1. The van der Waals surface area contributed by atoms with Crippen LogP contribution >= 0.6 is 12.4 Å². The van der Waals surface area contributed by atoms with Gasteiger partial charge in [-0.15, -0.1) is 12.4 Å². The van der Waals surface area contributed by atoms with Crippen molar-refractivity contribution in [1.29, 1.82) is 5.26 Å². The fourth-order valence-corrected chi connectivity index (χ4v) is 1.79. The van der Waals surface area contributed by atoms with Crippen LogP contribution in [0.1, 0.15) is 18.4 Å². The summed E-state index contributed by atoms with van der Waals surface area (Å²) in [6.45, 7) is 1.87. The van der Waals surface area contributed by atoms with Gasteiger partial charge in [0.1, 0.15) is 5.82 Å². The molecule has 0 unspecified atom stereocenters. The Balaban J connectivity index is 0.00000128. The molecule has 1 aromatic rings. The molecule has 2 heterocycles. The van der Waals surface area contributed by atoms with Gasteiger partial charge in [-0.05, 0) is 25.0 Å². The largest absolute Gasteiger partial charge is 0.356 e. The minimum Gasteiger partial charge on any atom is -0.356 e. The first-order chi connectivity index (χ1) is 7.29. The number of nitrogens with two attached hydrogens (primary N) is 1. The molecule has 0 bridgehead atoms. The van der Waals surface area contributed by atoms with Crippen molar-refractivity contribution in [2.45, 2.75) is 18.9 Å². The monoisotopic (exact) mass is 238 g/mol. The number of rotatable bonds is 1. The molecule has 0 amide bonds. The highest BCUT2D eigenvalue weighted by molar-refractivity contribution is 5.85. The third kappa shape index (κ3) is 2.84. The van der Waals surface area contributed by atoms with Gasteiger partial charge in [0.25, 0.3) is 0 Å². The Morgan fingerprint density at radius 2 is 2.12 bits per heavy atom. The van der Waals surface area contributed by atoms with Gasteiger partial charge in [0.05, 0.1) is 11.6 Å². The van der Waals surface area contributed by atoms with Crippen LogP contribution in [0.3, 0.4) is 0 Å². The van der Waals surface area contributed by atoms with Crippen LogP contribution < -0.4 is 10.6 Å². The average Bonchev–Trinajstić information content (AvgIpc) is 2.30. The van der Waals surface area contributed by atoms with Gasteiger partial charge in [0.15, 0.2) is 0 Å². The third-order valence-corrected chi connectivity index (χ3v) is 2.74. The number of hydrogen-bond donors (Lipinski definition) is 1. The van der Waals surface area contributed by atoms with Crippen molar-refractivity contribution in [3.63, 3.8) is 0 Å². The lowest BCUT2D eigenvalue weighted by atomic mass is 10.1. The molecule has 0 aliphatic carbocycles. The van der Waals surface area contributed by atoms with E-state index in [1.807, 2.05) is 6.07 Å². The van der Waals surface area contributed by atoms with Crippen LogP contribution in [0.4, 0.5) is 5.82 Å². The van der Waals surface area contributed by atoms with Gasteiger partial charge in [0.2, 0.25) is 0 Å². The summed E-state index contributed by atoms with van der Waals surface area (Å²) < 4.78 is 0. The fourth-order valence-electron chi connectivity index (χ4n) is 1.79. The molecule has 0 spiro atoms. The van der Waals surface area contributed by atoms with Crippen LogP contribution in [0.5, 0.6) is 0 Å². The average molecular weight is 239 g/mol. The summed E-state index contributed by atoms with van der Waals surface area (Å²) in [5.74, 6) is 0.890. The zero-order valence-corrected chi connectivity index (χ0v) is 9.78. The van der Waals surface area contributed by atoms with Crippen molar-refractivity contribution in [1.82, 2.24) is 4.98 Å². The molecule has 2 N–H and O–H groups in total. The molecule has 0 radical (unpaired) electrons. The van der Waals surface area contributed by atoms with Gasteiger partial charge in [0, 0.05) is 25.3 Å². The van der Waals surface area contributed by atoms with Gasteiger partial charge < -0.3 is 10.6 Å². The Kier molecular flexibility index (Phi) is 4.53. The molecule has 0 aromatic carbocycles. The molecule has 4 nitrogen and oxygen atoms in total. The summed E-state index contributed by atoms with van der Waals surface area (Å²) in [4.78, 5) is 6.45. The predicted octanol–water partition coefficient (Wildman–Crippen LogP) is 1.30. The number of halogens is 1. The lowest BCUT2D eigenvalue weighted by Crippen LogP contribution is -2.40. The fraction of sp³-hybridized carbons (Fsp3) is 0.455. The van der Waals surface area contributed by atoms with E-state index in [4.69, 9.17) is 11.0 Å². The molecule has 16 heavy (non-hydrogen) atoms. The Morgan fingerprint density at radius 1 is 1.44 bits per heavy atom. The molecule has 1 aromatic heterocycles. The smallest absolute Gasteiger partial charge is 0.129 e. The maximum atomic E-state index is 8.79. The second-order valence-electron chi connectivity index (χ2n) is 3.84. The van der Waals surface area contributed by atoms with Gasteiger partial charge >= 0.3 is 0 Å². The zero-order chi connectivity index (χ0) is 10.7. The number of piperidine rings is 1. The van der Waals surface area contributed by atoms with E-state index in [0.29, 0.717) is 11.6 Å². The molecule has 2 rings (SSSR count). The van der Waals surface area contributed by atoms with Gasteiger partial charge in [-0.25, -0.2) is 4.98 Å². The van der Waals surface area contributed by atoms with Gasteiger partial charge in [-0.1, -0.05) is 0 Å². The molecular weight excluding hydrogens is 224 g/mol. The van der Waals surface area contributed by atoms with Crippen molar-refractivity contribution in [2.75, 3.05) is 18.0 Å². The molecule has 5 heteroatoms.